The Labute approximate surface area is 142 Å². The highest BCUT2D eigenvalue weighted by Crippen LogP contribution is 2.20. The van der Waals surface area contributed by atoms with Gasteiger partial charge >= 0.3 is 12.1 Å². The van der Waals surface area contributed by atoms with Crippen molar-refractivity contribution in [2.75, 3.05) is 38.6 Å². The number of nitrogens with zero attached hydrogens (tertiary/aromatic N) is 4. The van der Waals surface area contributed by atoms with Crippen molar-refractivity contribution in [3.8, 4) is 0 Å². The Hall–Kier alpha value is -2.41. The predicted molar refractivity (Wildman–Crippen MR) is 91.6 cm³/mol. The van der Waals surface area contributed by atoms with Gasteiger partial charge in [0.05, 0.1) is 12.2 Å². The van der Waals surface area contributed by atoms with Crippen LogP contribution >= 0.6 is 0 Å². The molecule has 24 heavy (non-hydrogen) atoms. The normalized spacial score (nSPS) is 14.4. The molecule has 1 aliphatic heterocycles. The third-order valence-electron chi connectivity index (χ3n) is 3.97. The molecular formula is C17H24N4O3. The minimum Gasteiger partial charge on any atom is -0.324 e. The maximum atomic E-state index is 13.0. The topological polar surface area (TPSA) is 64.2 Å². The minimum absolute atomic E-state index is 0.109. The molecule has 0 aromatic heterocycles. The molecule has 1 aromatic rings. The average molecular weight is 332 g/mol. The molecule has 7 heteroatoms. The number of carbonyl (C=O) groups excluding carboxylic acids is 3. The number of piperidine rings is 1. The van der Waals surface area contributed by atoms with Crippen LogP contribution in [-0.4, -0.2) is 67.0 Å². The van der Waals surface area contributed by atoms with Gasteiger partial charge in [-0.1, -0.05) is 18.2 Å². The maximum Gasteiger partial charge on any atom is 0.347 e. The van der Waals surface area contributed by atoms with Crippen LogP contribution in [0, 0.1) is 0 Å². The van der Waals surface area contributed by atoms with Gasteiger partial charge in [0.25, 0.3) is 0 Å². The van der Waals surface area contributed by atoms with Gasteiger partial charge in [-0.2, -0.15) is 0 Å². The summed E-state index contributed by atoms with van der Waals surface area (Å²) in [6.07, 6.45) is 3.62. The lowest BCUT2D eigenvalue weighted by molar-refractivity contribution is -0.110. The van der Waals surface area contributed by atoms with E-state index in [9.17, 15) is 14.4 Å². The van der Waals surface area contributed by atoms with Crippen LogP contribution in [0.1, 0.15) is 19.3 Å². The zero-order valence-electron chi connectivity index (χ0n) is 14.2. The van der Waals surface area contributed by atoms with Gasteiger partial charge < -0.3 is 9.69 Å². The van der Waals surface area contributed by atoms with Crippen LogP contribution < -0.4 is 4.90 Å². The van der Waals surface area contributed by atoms with E-state index in [0.29, 0.717) is 25.1 Å². The van der Waals surface area contributed by atoms with Gasteiger partial charge in [0.2, 0.25) is 0 Å². The number of aldehydes is 1. The summed E-state index contributed by atoms with van der Waals surface area (Å²) < 4.78 is 0. The summed E-state index contributed by atoms with van der Waals surface area (Å²) in [6.45, 7) is 1.18. The fraction of sp³-hybridized carbons (Fsp3) is 0.471. The van der Waals surface area contributed by atoms with Gasteiger partial charge in [-0.3, -0.25) is 0 Å². The van der Waals surface area contributed by atoms with E-state index in [1.54, 1.807) is 43.3 Å². The number of urea groups is 2. The first-order chi connectivity index (χ1) is 11.6. The first kappa shape index (κ1) is 17.9. The van der Waals surface area contributed by atoms with E-state index in [0.717, 1.165) is 24.2 Å². The number of para-hydroxylation sites is 1. The molecule has 1 fully saturated rings. The van der Waals surface area contributed by atoms with E-state index in [2.05, 4.69) is 0 Å². The second-order valence-corrected chi connectivity index (χ2v) is 5.88. The molecule has 0 unspecified atom stereocenters. The molecule has 0 radical (unpaired) electrons. The number of anilines is 1. The predicted octanol–water partition coefficient (Wildman–Crippen LogP) is 2.20. The SMILES string of the molecule is CN(C)N(CC=O)C(=O)N(C(=O)N1CCCCC1)c1ccccc1. The number of hydrazine groups is 1. The van der Waals surface area contributed by atoms with Gasteiger partial charge in [-0.25, -0.2) is 24.5 Å². The second kappa shape index (κ2) is 8.44. The number of imide groups is 1. The molecule has 0 aliphatic carbocycles. The number of likely N-dealkylation sites (tertiary alicyclic amines) is 1. The summed E-state index contributed by atoms with van der Waals surface area (Å²) in [4.78, 5) is 39.7. The number of rotatable bonds is 4. The summed E-state index contributed by atoms with van der Waals surface area (Å²) in [7, 11) is 3.33. The van der Waals surface area contributed by atoms with Crippen LogP contribution in [0.5, 0.6) is 0 Å². The van der Waals surface area contributed by atoms with E-state index in [-0.39, 0.29) is 12.6 Å². The Kier molecular flexibility index (Phi) is 6.31. The fourth-order valence-corrected chi connectivity index (χ4v) is 2.70. The molecule has 7 nitrogen and oxygen atoms in total. The first-order valence-electron chi connectivity index (χ1n) is 8.12. The largest absolute Gasteiger partial charge is 0.347 e. The van der Waals surface area contributed by atoms with E-state index in [4.69, 9.17) is 0 Å². The maximum absolute atomic E-state index is 13.0. The molecule has 0 N–H and O–H groups in total. The molecule has 0 bridgehead atoms. The molecule has 0 saturated carbocycles. The molecular weight excluding hydrogens is 308 g/mol. The zero-order valence-corrected chi connectivity index (χ0v) is 14.2. The van der Waals surface area contributed by atoms with Gasteiger partial charge in [-0.05, 0) is 31.4 Å². The Morgan fingerprint density at radius 1 is 1.08 bits per heavy atom. The number of hydrogen-bond acceptors (Lipinski definition) is 4. The van der Waals surface area contributed by atoms with Crippen molar-refractivity contribution in [2.45, 2.75) is 19.3 Å². The average Bonchev–Trinajstić information content (AvgIpc) is 2.61. The van der Waals surface area contributed by atoms with Crippen LogP contribution in [-0.2, 0) is 4.79 Å². The molecule has 0 atom stereocenters. The number of amides is 4. The second-order valence-electron chi connectivity index (χ2n) is 5.88. The molecule has 130 valence electrons. The lowest BCUT2D eigenvalue weighted by atomic mass is 10.1. The Balaban J connectivity index is 2.33. The van der Waals surface area contributed by atoms with Crippen molar-refractivity contribution in [1.82, 2.24) is 14.9 Å². The summed E-state index contributed by atoms with van der Waals surface area (Å²) in [6, 6.07) is 7.94. The van der Waals surface area contributed by atoms with Crippen molar-refractivity contribution < 1.29 is 14.4 Å². The van der Waals surface area contributed by atoms with Gasteiger partial charge in [-0.15, -0.1) is 0 Å². The molecule has 2 rings (SSSR count). The van der Waals surface area contributed by atoms with Crippen LogP contribution in [0.3, 0.4) is 0 Å². The highest BCUT2D eigenvalue weighted by Gasteiger charge is 2.32. The molecule has 0 spiro atoms. The van der Waals surface area contributed by atoms with Crippen molar-refractivity contribution in [3.63, 3.8) is 0 Å². The molecule has 1 aromatic carbocycles. The highest BCUT2D eigenvalue weighted by atomic mass is 16.2. The lowest BCUT2D eigenvalue weighted by Gasteiger charge is -2.36. The minimum atomic E-state index is -0.533. The summed E-state index contributed by atoms with van der Waals surface area (Å²) in [5.41, 5.74) is 0.496. The van der Waals surface area contributed by atoms with E-state index in [1.165, 1.54) is 10.0 Å². The molecule has 4 amide bonds. The van der Waals surface area contributed by atoms with Gasteiger partial charge in [0.1, 0.15) is 6.29 Å². The molecule has 1 heterocycles. The van der Waals surface area contributed by atoms with Crippen LogP contribution in [0.4, 0.5) is 15.3 Å². The van der Waals surface area contributed by atoms with Crippen LogP contribution in [0.25, 0.3) is 0 Å². The number of benzene rings is 1. The Morgan fingerprint density at radius 3 is 2.25 bits per heavy atom. The number of hydrogen-bond donors (Lipinski definition) is 0. The highest BCUT2D eigenvalue weighted by molar-refractivity contribution is 6.13. The third kappa shape index (κ3) is 4.11. The van der Waals surface area contributed by atoms with Crippen molar-refractivity contribution in [1.29, 1.82) is 0 Å². The van der Waals surface area contributed by atoms with Crippen LogP contribution in [0.15, 0.2) is 30.3 Å². The first-order valence-corrected chi connectivity index (χ1v) is 8.12. The van der Waals surface area contributed by atoms with Crippen molar-refractivity contribution in [2.24, 2.45) is 0 Å². The van der Waals surface area contributed by atoms with Gasteiger partial charge in [0.15, 0.2) is 0 Å². The summed E-state index contributed by atoms with van der Waals surface area (Å²) in [5, 5.41) is 2.75. The molecule has 1 aliphatic rings. The van der Waals surface area contributed by atoms with Gasteiger partial charge in [0, 0.05) is 27.2 Å². The molecule has 1 saturated heterocycles. The standard InChI is InChI=1S/C17H24N4O3/c1-18(2)20(13-14-22)17(24)21(15-9-5-3-6-10-15)16(23)19-11-7-4-8-12-19/h3,5-6,9-10,14H,4,7-8,11-13H2,1-2H3. The summed E-state index contributed by atoms with van der Waals surface area (Å²) >= 11 is 0. The lowest BCUT2D eigenvalue weighted by Crippen LogP contribution is -2.56. The number of carbonyl (C=O) groups is 3. The van der Waals surface area contributed by atoms with Crippen molar-refractivity contribution >= 4 is 24.0 Å². The fourth-order valence-electron chi connectivity index (χ4n) is 2.70. The smallest absolute Gasteiger partial charge is 0.324 e. The monoisotopic (exact) mass is 332 g/mol. The quantitative estimate of drug-likeness (QED) is 0.626. The van der Waals surface area contributed by atoms with E-state index >= 15 is 0 Å². The Bertz CT molecular complexity index is 570. The van der Waals surface area contributed by atoms with E-state index < -0.39 is 6.03 Å². The Morgan fingerprint density at radius 2 is 1.71 bits per heavy atom. The third-order valence-corrected chi connectivity index (χ3v) is 3.97. The summed E-state index contributed by atoms with van der Waals surface area (Å²) in [5.74, 6) is 0. The van der Waals surface area contributed by atoms with E-state index in [1.807, 2.05) is 6.07 Å². The van der Waals surface area contributed by atoms with Crippen molar-refractivity contribution in [3.05, 3.63) is 30.3 Å². The van der Waals surface area contributed by atoms with Crippen LogP contribution in [0.2, 0.25) is 0 Å². The zero-order chi connectivity index (χ0) is 17.5.